The first-order valence-electron chi connectivity index (χ1n) is 8.95. The zero-order valence-electron chi connectivity index (χ0n) is 17.1. The van der Waals surface area contributed by atoms with Crippen molar-refractivity contribution in [1.82, 2.24) is 9.97 Å². The molecule has 2 heterocycles. The monoisotopic (exact) mass is 421 g/mol. The van der Waals surface area contributed by atoms with E-state index in [9.17, 15) is 8.42 Å². The Balaban J connectivity index is 1.82. The summed E-state index contributed by atoms with van der Waals surface area (Å²) in [5.41, 5.74) is 0.717. The molecule has 3 rings (SSSR count). The van der Waals surface area contributed by atoms with Gasteiger partial charge >= 0.3 is 13.1 Å². The van der Waals surface area contributed by atoms with Crippen LogP contribution < -0.4 is 19.2 Å². The summed E-state index contributed by atoms with van der Waals surface area (Å²) in [6.45, 7) is 5.26. The standard InChI is InChI=1S/C18H24BN3O6S/c1-18(2)11-27-19(28-12-18)13-6-8-14(9-7-13)29(23,24)22(3)15-10-16(25-4)21-17(20-15)26-5/h6-10H,11-12H2,1-5H3. The molecule has 29 heavy (non-hydrogen) atoms. The fourth-order valence-corrected chi connectivity index (χ4v) is 3.85. The molecular formula is C18H24BN3O6S. The first-order chi connectivity index (χ1) is 13.7. The van der Waals surface area contributed by atoms with E-state index in [2.05, 4.69) is 23.8 Å². The molecule has 1 aromatic carbocycles. The quantitative estimate of drug-likeness (QED) is 0.639. The van der Waals surface area contributed by atoms with Gasteiger partial charge in [0.2, 0.25) is 5.88 Å². The zero-order chi connectivity index (χ0) is 21.2. The van der Waals surface area contributed by atoms with E-state index in [0.717, 1.165) is 9.77 Å². The van der Waals surface area contributed by atoms with Crippen LogP contribution in [0.5, 0.6) is 11.9 Å². The number of anilines is 1. The van der Waals surface area contributed by atoms with Crippen molar-refractivity contribution in [2.75, 3.05) is 38.8 Å². The number of sulfonamides is 1. The van der Waals surface area contributed by atoms with Crippen molar-refractivity contribution in [3.63, 3.8) is 0 Å². The first-order valence-corrected chi connectivity index (χ1v) is 10.4. The van der Waals surface area contributed by atoms with E-state index >= 15 is 0 Å². The maximum Gasteiger partial charge on any atom is 0.493 e. The van der Waals surface area contributed by atoms with Gasteiger partial charge in [0.15, 0.2) is 5.82 Å². The highest BCUT2D eigenvalue weighted by Crippen LogP contribution is 2.25. The maximum absolute atomic E-state index is 13.0. The molecule has 0 radical (unpaired) electrons. The normalized spacial score (nSPS) is 16.4. The minimum absolute atomic E-state index is 0.00580. The molecular weight excluding hydrogens is 397 g/mol. The smallest absolute Gasteiger partial charge is 0.481 e. The lowest BCUT2D eigenvalue weighted by Gasteiger charge is -2.33. The van der Waals surface area contributed by atoms with E-state index in [4.69, 9.17) is 18.8 Å². The minimum Gasteiger partial charge on any atom is -0.481 e. The van der Waals surface area contributed by atoms with Gasteiger partial charge in [0.25, 0.3) is 10.0 Å². The molecule has 0 amide bonds. The molecule has 9 nitrogen and oxygen atoms in total. The van der Waals surface area contributed by atoms with Crippen LogP contribution in [-0.4, -0.2) is 60.0 Å². The zero-order valence-corrected chi connectivity index (χ0v) is 17.9. The van der Waals surface area contributed by atoms with Gasteiger partial charge in [-0.3, -0.25) is 4.31 Å². The highest BCUT2D eigenvalue weighted by molar-refractivity contribution is 7.92. The molecule has 1 fully saturated rings. The van der Waals surface area contributed by atoms with Gasteiger partial charge < -0.3 is 18.8 Å². The summed E-state index contributed by atoms with van der Waals surface area (Å²) < 4.78 is 48.7. The summed E-state index contributed by atoms with van der Waals surface area (Å²) in [5.74, 6) is 0.317. The van der Waals surface area contributed by atoms with Crippen molar-refractivity contribution in [1.29, 1.82) is 0 Å². The van der Waals surface area contributed by atoms with E-state index in [-0.39, 0.29) is 28.0 Å². The summed E-state index contributed by atoms with van der Waals surface area (Å²) in [6.07, 6.45) is 0. The van der Waals surface area contributed by atoms with E-state index in [1.807, 2.05) is 0 Å². The molecule has 0 atom stereocenters. The van der Waals surface area contributed by atoms with Crippen molar-refractivity contribution in [3.05, 3.63) is 30.3 Å². The molecule has 0 bridgehead atoms. The third-order valence-corrected chi connectivity index (χ3v) is 6.22. The SMILES string of the molecule is COc1cc(N(C)S(=O)(=O)c2ccc(B3OCC(C)(C)CO3)cc2)nc(OC)n1. The van der Waals surface area contributed by atoms with E-state index in [1.165, 1.54) is 39.5 Å². The summed E-state index contributed by atoms with van der Waals surface area (Å²) in [6, 6.07) is 7.83. The number of hydrogen-bond donors (Lipinski definition) is 0. The van der Waals surface area contributed by atoms with Gasteiger partial charge in [0.1, 0.15) is 0 Å². The molecule has 156 valence electrons. The van der Waals surface area contributed by atoms with Crippen molar-refractivity contribution in [2.45, 2.75) is 18.7 Å². The first kappa shape index (κ1) is 21.3. The fourth-order valence-electron chi connectivity index (χ4n) is 2.71. The maximum atomic E-state index is 13.0. The lowest BCUT2D eigenvalue weighted by molar-refractivity contribution is 0.0343. The molecule has 1 aliphatic rings. The van der Waals surface area contributed by atoms with Crippen molar-refractivity contribution >= 4 is 28.4 Å². The lowest BCUT2D eigenvalue weighted by Crippen LogP contribution is -2.47. The number of methoxy groups -OCH3 is 2. The Labute approximate surface area is 171 Å². The van der Waals surface area contributed by atoms with Crippen LogP contribution in [0.15, 0.2) is 35.2 Å². The molecule has 0 unspecified atom stereocenters. The van der Waals surface area contributed by atoms with Gasteiger partial charge in [-0.05, 0) is 17.6 Å². The van der Waals surface area contributed by atoms with Crippen molar-refractivity contribution in [2.24, 2.45) is 5.41 Å². The summed E-state index contributed by atoms with van der Waals surface area (Å²) >= 11 is 0. The number of aromatic nitrogens is 2. The average Bonchev–Trinajstić information content (AvgIpc) is 2.72. The third kappa shape index (κ3) is 4.63. The number of hydrogen-bond acceptors (Lipinski definition) is 8. The van der Waals surface area contributed by atoms with Crippen LogP contribution in [0, 0.1) is 5.41 Å². The fraction of sp³-hybridized carbons (Fsp3) is 0.444. The topological polar surface area (TPSA) is 100 Å². The Morgan fingerprint density at radius 3 is 2.24 bits per heavy atom. The molecule has 0 spiro atoms. The van der Waals surface area contributed by atoms with Crippen molar-refractivity contribution < 1.29 is 27.2 Å². The second-order valence-electron chi connectivity index (χ2n) is 7.41. The van der Waals surface area contributed by atoms with Gasteiger partial charge in [0.05, 0.1) is 19.1 Å². The predicted octanol–water partition coefficient (Wildman–Crippen LogP) is 1.09. The number of nitrogens with zero attached hydrogens (tertiary/aromatic N) is 3. The number of benzene rings is 1. The van der Waals surface area contributed by atoms with Crippen LogP contribution in [0.3, 0.4) is 0 Å². The van der Waals surface area contributed by atoms with E-state index in [1.54, 1.807) is 12.1 Å². The van der Waals surface area contributed by atoms with Crippen LogP contribution in [0.25, 0.3) is 0 Å². The van der Waals surface area contributed by atoms with Gasteiger partial charge in [-0.15, -0.1) is 0 Å². The molecule has 11 heteroatoms. The summed E-state index contributed by atoms with van der Waals surface area (Å²) in [4.78, 5) is 8.17. The molecule has 1 aromatic heterocycles. The van der Waals surface area contributed by atoms with Crippen LogP contribution in [0.4, 0.5) is 5.82 Å². The van der Waals surface area contributed by atoms with E-state index in [0.29, 0.717) is 13.2 Å². The molecule has 2 aromatic rings. The molecule has 0 aliphatic carbocycles. The van der Waals surface area contributed by atoms with Crippen LogP contribution in [-0.2, 0) is 19.3 Å². The van der Waals surface area contributed by atoms with Gasteiger partial charge in [-0.25, -0.2) is 8.42 Å². The highest BCUT2D eigenvalue weighted by atomic mass is 32.2. The summed E-state index contributed by atoms with van der Waals surface area (Å²) in [7, 11) is -0.145. The Kier molecular flexibility index (Phi) is 6.01. The average molecular weight is 421 g/mol. The van der Waals surface area contributed by atoms with Gasteiger partial charge in [-0.1, -0.05) is 26.0 Å². The molecule has 1 saturated heterocycles. The Morgan fingerprint density at radius 2 is 1.69 bits per heavy atom. The highest BCUT2D eigenvalue weighted by Gasteiger charge is 2.33. The Bertz CT molecular complexity index is 936. The number of rotatable bonds is 6. The van der Waals surface area contributed by atoms with Gasteiger partial charge in [0, 0.05) is 31.7 Å². The second-order valence-corrected chi connectivity index (χ2v) is 9.38. The minimum atomic E-state index is -3.86. The van der Waals surface area contributed by atoms with E-state index < -0.39 is 17.1 Å². The molecule has 0 saturated carbocycles. The largest absolute Gasteiger partial charge is 0.493 e. The third-order valence-electron chi connectivity index (χ3n) is 4.44. The molecule has 1 aliphatic heterocycles. The van der Waals surface area contributed by atoms with Crippen LogP contribution in [0.1, 0.15) is 13.8 Å². The van der Waals surface area contributed by atoms with Crippen LogP contribution in [0.2, 0.25) is 0 Å². The lowest BCUT2D eigenvalue weighted by atomic mass is 9.76. The Hall–Kier alpha value is -2.37. The Morgan fingerprint density at radius 1 is 1.07 bits per heavy atom. The van der Waals surface area contributed by atoms with Gasteiger partial charge in [-0.2, -0.15) is 9.97 Å². The summed E-state index contributed by atoms with van der Waals surface area (Å²) in [5, 5.41) is 0. The van der Waals surface area contributed by atoms with Crippen molar-refractivity contribution in [3.8, 4) is 11.9 Å². The predicted molar refractivity (Wildman–Crippen MR) is 108 cm³/mol. The second kappa shape index (κ2) is 8.17. The van der Waals surface area contributed by atoms with Crippen LogP contribution >= 0.6 is 0 Å². The molecule has 0 N–H and O–H groups in total. The number of ether oxygens (including phenoxy) is 2.